The SMILES string of the molecule is O=C(CO)Nc1cc(CSC2(C(=O)Nc3ccc(OC(F)(F)F)cc3)C=CC=CN2)ccn1. The van der Waals surface area contributed by atoms with Crippen LogP contribution in [0.4, 0.5) is 24.7 Å². The van der Waals surface area contributed by atoms with Crippen LogP contribution in [0.25, 0.3) is 0 Å². The molecule has 8 nitrogen and oxygen atoms in total. The number of benzene rings is 1. The largest absolute Gasteiger partial charge is 0.573 e. The predicted octanol–water partition coefficient (Wildman–Crippen LogP) is 3.15. The molecule has 12 heteroatoms. The van der Waals surface area contributed by atoms with Crippen LogP contribution in [-0.2, 0) is 15.3 Å². The number of nitrogens with one attached hydrogen (secondary N) is 3. The van der Waals surface area contributed by atoms with Crippen molar-refractivity contribution in [2.45, 2.75) is 17.0 Å². The molecule has 1 aromatic carbocycles. The molecule has 0 spiro atoms. The highest BCUT2D eigenvalue weighted by molar-refractivity contribution is 8.00. The van der Waals surface area contributed by atoms with Gasteiger partial charge in [0.15, 0.2) is 4.87 Å². The van der Waals surface area contributed by atoms with Crippen LogP contribution < -0.4 is 20.7 Å². The van der Waals surface area contributed by atoms with Crippen molar-refractivity contribution in [3.05, 3.63) is 72.6 Å². The Labute approximate surface area is 190 Å². The second-order valence-corrected chi connectivity index (χ2v) is 7.89. The van der Waals surface area contributed by atoms with E-state index in [9.17, 15) is 22.8 Å². The molecule has 1 aliphatic heterocycles. The van der Waals surface area contributed by atoms with Gasteiger partial charge in [-0.3, -0.25) is 9.59 Å². The first-order valence-electron chi connectivity index (χ1n) is 9.48. The molecular formula is C21H19F3N4O4S. The summed E-state index contributed by atoms with van der Waals surface area (Å²) >= 11 is 1.25. The molecule has 174 valence electrons. The second-order valence-electron chi connectivity index (χ2n) is 6.67. The zero-order valence-corrected chi connectivity index (χ0v) is 17.7. The number of carbonyl (C=O) groups excluding carboxylic acids is 2. The fourth-order valence-corrected chi connectivity index (χ4v) is 3.82. The van der Waals surface area contributed by atoms with Gasteiger partial charge < -0.3 is 25.8 Å². The summed E-state index contributed by atoms with van der Waals surface area (Å²) in [5.41, 5.74) is 1.05. The molecule has 1 aromatic heterocycles. The summed E-state index contributed by atoms with van der Waals surface area (Å²) < 4.78 is 40.8. The van der Waals surface area contributed by atoms with Crippen molar-refractivity contribution in [2.24, 2.45) is 0 Å². The maximum Gasteiger partial charge on any atom is 0.573 e. The van der Waals surface area contributed by atoms with Gasteiger partial charge in [0.05, 0.1) is 0 Å². The summed E-state index contributed by atoms with van der Waals surface area (Å²) in [6, 6.07) is 8.15. The van der Waals surface area contributed by atoms with Crippen LogP contribution in [0.1, 0.15) is 5.56 Å². The van der Waals surface area contributed by atoms with Crippen molar-refractivity contribution in [3.63, 3.8) is 0 Å². The molecule has 0 aliphatic carbocycles. The number of hydrogen-bond donors (Lipinski definition) is 4. The normalized spacial score (nSPS) is 17.2. The predicted molar refractivity (Wildman–Crippen MR) is 117 cm³/mol. The molecule has 0 bridgehead atoms. The number of thioether (sulfide) groups is 1. The van der Waals surface area contributed by atoms with Crippen LogP contribution in [0.15, 0.2) is 67.0 Å². The van der Waals surface area contributed by atoms with Crippen LogP contribution in [0.2, 0.25) is 0 Å². The number of ether oxygens (including phenoxy) is 1. The van der Waals surface area contributed by atoms with Gasteiger partial charge in [-0.05, 0) is 60.3 Å². The van der Waals surface area contributed by atoms with E-state index in [1.807, 2.05) is 0 Å². The lowest BCUT2D eigenvalue weighted by Gasteiger charge is -2.31. The molecule has 0 radical (unpaired) electrons. The molecule has 0 fully saturated rings. The Bertz CT molecular complexity index is 1060. The van der Waals surface area contributed by atoms with E-state index in [-0.39, 0.29) is 11.5 Å². The number of aromatic nitrogens is 1. The lowest BCUT2D eigenvalue weighted by atomic mass is 10.2. The maximum atomic E-state index is 13.1. The molecule has 2 heterocycles. The van der Waals surface area contributed by atoms with Crippen molar-refractivity contribution in [3.8, 4) is 5.75 Å². The number of aliphatic hydroxyl groups is 1. The third kappa shape index (κ3) is 6.99. The number of pyridine rings is 1. The van der Waals surface area contributed by atoms with Crippen molar-refractivity contribution in [2.75, 3.05) is 17.2 Å². The fraction of sp³-hybridized carbons (Fsp3) is 0.190. The van der Waals surface area contributed by atoms with E-state index in [0.717, 1.165) is 17.7 Å². The topological polar surface area (TPSA) is 113 Å². The Morgan fingerprint density at radius 3 is 2.55 bits per heavy atom. The molecule has 4 N–H and O–H groups in total. The van der Waals surface area contributed by atoms with Crippen LogP contribution in [0.3, 0.4) is 0 Å². The number of hydrogen-bond acceptors (Lipinski definition) is 7. The van der Waals surface area contributed by atoms with Gasteiger partial charge in [-0.25, -0.2) is 4.98 Å². The molecule has 1 unspecified atom stereocenters. The quantitative estimate of drug-likeness (QED) is 0.459. The first-order valence-corrected chi connectivity index (χ1v) is 10.5. The molecule has 2 amide bonds. The summed E-state index contributed by atoms with van der Waals surface area (Å²) in [5, 5.41) is 17.0. The lowest BCUT2D eigenvalue weighted by molar-refractivity contribution is -0.274. The number of allylic oxidation sites excluding steroid dienone is 2. The molecular weight excluding hydrogens is 461 g/mol. The number of halogens is 3. The number of dihydropyridines is 1. The average Bonchev–Trinajstić information content (AvgIpc) is 2.79. The summed E-state index contributed by atoms with van der Waals surface area (Å²) in [5.74, 6) is -0.831. The van der Waals surface area contributed by atoms with E-state index >= 15 is 0 Å². The number of nitrogens with zero attached hydrogens (tertiary/aromatic N) is 1. The zero-order valence-electron chi connectivity index (χ0n) is 16.9. The molecule has 1 aliphatic rings. The molecule has 1 atom stereocenters. The maximum absolute atomic E-state index is 13.1. The van der Waals surface area contributed by atoms with Crippen molar-refractivity contribution < 1.29 is 32.6 Å². The van der Waals surface area contributed by atoms with Crippen LogP contribution >= 0.6 is 11.8 Å². The minimum Gasteiger partial charge on any atom is -0.406 e. The first kappa shape index (κ1) is 24.1. The Hall–Kier alpha value is -3.51. The van der Waals surface area contributed by atoms with Crippen LogP contribution in [-0.4, -0.2) is 39.7 Å². The van der Waals surface area contributed by atoms with E-state index in [4.69, 9.17) is 5.11 Å². The van der Waals surface area contributed by atoms with Gasteiger partial charge in [0, 0.05) is 17.6 Å². The van der Waals surface area contributed by atoms with Gasteiger partial charge in [0.1, 0.15) is 18.2 Å². The van der Waals surface area contributed by atoms with Crippen molar-refractivity contribution in [1.29, 1.82) is 0 Å². The van der Waals surface area contributed by atoms with Gasteiger partial charge in [0.2, 0.25) is 0 Å². The Kier molecular flexibility index (Phi) is 7.61. The Morgan fingerprint density at radius 2 is 1.91 bits per heavy atom. The number of carbonyl (C=O) groups is 2. The smallest absolute Gasteiger partial charge is 0.406 e. The molecule has 2 aromatic rings. The summed E-state index contributed by atoms with van der Waals surface area (Å²) in [6.07, 6.45) is 3.36. The number of anilines is 2. The lowest BCUT2D eigenvalue weighted by Crippen LogP contribution is -2.49. The van der Waals surface area contributed by atoms with Gasteiger partial charge in [-0.15, -0.1) is 24.9 Å². The van der Waals surface area contributed by atoms with Crippen LogP contribution in [0.5, 0.6) is 5.75 Å². The highest BCUT2D eigenvalue weighted by Crippen LogP contribution is 2.32. The summed E-state index contributed by atoms with van der Waals surface area (Å²) in [6.45, 7) is -0.672. The minimum atomic E-state index is -4.80. The molecule has 0 saturated carbocycles. The van der Waals surface area contributed by atoms with E-state index in [0.29, 0.717) is 5.75 Å². The number of rotatable bonds is 8. The van der Waals surface area contributed by atoms with E-state index in [2.05, 4.69) is 25.7 Å². The van der Waals surface area contributed by atoms with Gasteiger partial charge in [-0.2, -0.15) is 0 Å². The fourth-order valence-electron chi connectivity index (χ4n) is 2.74. The minimum absolute atomic E-state index is 0.263. The highest BCUT2D eigenvalue weighted by Gasteiger charge is 2.37. The van der Waals surface area contributed by atoms with Crippen molar-refractivity contribution >= 4 is 35.1 Å². The van der Waals surface area contributed by atoms with E-state index in [1.54, 1.807) is 36.6 Å². The number of amides is 2. The number of alkyl halides is 3. The second kappa shape index (κ2) is 10.4. The zero-order chi connectivity index (χ0) is 23.9. The standard InChI is InChI=1S/C21H19F3N4O4S/c22-21(23,24)32-16-5-3-15(4-6-16)27-19(31)20(8-1-2-9-26-20)33-13-14-7-10-25-17(11-14)28-18(30)12-29/h1-11,26,29H,12-13H2,(H,27,31)(H,25,28,30). The number of aliphatic hydroxyl groups excluding tert-OH is 1. The van der Waals surface area contributed by atoms with Gasteiger partial charge in [-0.1, -0.05) is 6.08 Å². The van der Waals surface area contributed by atoms with Crippen LogP contribution in [0, 0.1) is 0 Å². The average molecular weight is 480 g/mol. The molecule has 33 heavy (non-hydrogen) atoms. The first-order chi connectivity index (χ1) is 15.7. The Morgan fingerprint density at radius 1 is 1.15 bits per heavy atom. The molecule has 0 saturated heterocycles. The summed E-state index contributed by atoms with van der Waals surface area (Å²) in [4.78, 5) is 27.2. The van der Waals surface area contributed by atoms with Crippen molar-refractivity contribution in [1.82, 2.24) is 10.3 Å². The van der Waals surface area contributed by atoms with Gasteiger partial charge in [0.25, 0.3) is 11.8 Å². The van der Waals surface area contributed by atoms with Gasteiger partial charge >= 0.3 is 6.36 Å². The monoisotopic (exact) mass is 480 g/mol. The third-order valence-electron chi connectivity index (χ3n) is 4.22. The molecule has 3 rings (SSSR count). The Balaban J connectivity index is 1.69. The summed E-state index contributed by atoms with van der Waals surface area (Å²) in [7, 11) is 0. The highest BCUT2D eigenvalue weighted by atomic mass is 32.2. The third-order valence-corrected chi connectivity index (χ3v) is 5.59. The van der Waals surface area contributed by atoms with E-state index < -0.39 is 35.4 Å². The van der Waals surface area contributed by atoms with E-state index in [1.165, 1.54) is 30.1 Å².